The van der Waals surface area contributed by atoms with Gasteiger partial charge in [-0.15, -0.1) is 0 Å². The molecule has 0 spiro atoms. The highest BCUT2D eigenvalue weighted by atomic mass is 16.5. The molecule has 0 aliphatic carbocycles. The van der Waals surface area contributed by atoms with Crippen molar-refractivity contribution in [2.45, 2.75) is 27.0 Å². The molecule has 1 unspecified atom stereocenters. The van der Waals surface area contributed by atoms with E-state index in [0.717, 1.165) is 11.4 Å². The zero-order valence-corrected chi connectivity index (χ0v) is 8.51. The Hall–Kier alpha value is -1.18. The molecule has 0 saturated heterocycles. The average Bonchev–Trinajstić information content (AvgIpc) is 2.32. The third-order valence-electron chi connectivity index (χ3n) is 2.67. The fraction of sp³-hybridized carbons (Fsp3) is 0.455. The molecule has 2 heteroatoms. The van der Waals surface area contributed by atoms with Crippen LogP contribution in [0, 0.1) is 19.9 Å². The largest absolute Gasteiger partial charge is 0.469 e. The molecule has 13 heavy (non-hydrogen) atoms. The van der Waals surface area contributed by atoms with Crippen molar-refractivity contribution in [1.29, 1.82) is 0 Å². The second kappa shape index (κ2) is 2.66. The van der Waals surface area contributed by atoms with Gasteiger partial charge in [-0.3, -0.25) is 0 Å². The Bertz CT molecular complexity index is 346. The van der Waals surface area contributed by atoms with E-state index in [1.165, 1.54) is 11.1 Å². The van der Waals surface area contributed by atoms with Crippen LogP contribution in [0.3, 0.4) is 0 Å². The molecule has 1 aliphatic heterocycles. The van der Waals surface area contributed by atoms with Gasteiger partial charge in [0.2, 0.25) is 0 Å². The van der Waals surface area contributed by atoms with E-state index in [1.807, 2.05) is 14.0 Å². The summed E-state index contributed by atoms with van der Waals surface area (Å²) in [5, 5.41) is 0. The number of fused-ring (bicyclic) bond motifs is 1. The summed E-state index contributed by atoms with van der Waals surface area (Å²) in [5.41, 5.74) is 3.51. The molecule has 0 aromatic heterocycles. The second-order valence-corrected chi connectivity index (χ2v) is 3.62. The number of benzene rings is 1. The molecule has 0 amide bonds. The quantitative estimate of drug-likeness (QED) is 0.601. The first-order chi connectivity index (χ1) is 6.09. The van der Waals surface area contributed by atoms with Crippen LogP contribution in [-0.2, 0) is 0 Å². The van der Waals surface area contributed by atoms with Crippen LogP contribution in [0.1, 0.15) is 18.1 Å². The summed E-state index contributed by atoms with van der Waals surface area (Å²) >= 11 is 0. The maximum absolute atomic E-state index is 5.65. The van der Waals surface area contributed by atoms with Gasteiger partial charge in [-0.05, 0) is 38.0 Å². The topological polar surface area (TPSA) is 12.5 Å². The van der Waals surface area contributed by atoms with Gasteiger partial charge < -0.3 is 9.64 Å². The Morgan fingerprint density at radius 2 is 2.15 bits per heavy atom. The maximum atomic E-state index is 5.65. The molecule has 1 aliphatic rings. The van der Waals surface area contributed by atoms with Crippen LogP contribution in [0.15, 0.2) is 6.07 Å². The molecule has 1 aromatic carbocycles. The summed E-state index contributed by atoms with van der Waals surface area (Å²) in [6.45, 7) is 6.20. The number of hydrogen-bond donors (Lipinski definition) is 0. The minimum Gasteiger partial charge on any atom is -0.469 e. The highest BCUT2D eigenvalue weighted by molar-refractivity contribution is 5.63. The molecular formula is C11H14NO. The highest BCUT2D eigenvalue weighted by Crippen LogP contribution is 2.37. The molecular weight excluding hydrogens is 162 g/mol. The van der Waals surface area contributed by atoms with E-state index in [1.54, 1.807) is 0 Å². The number of ether oxygens (including phenoxy) is 1. The molecule has 0 saturated carbocycles. The zero-order chi connectivity index (χ0) is 9.59. The second-order valence-electron chi connectivity index (χ2n) is 3.62. The van der Waals surface area contributed by atoms with E-state index >= 15 is 0 Å². The Balaban J connectivity index is 2.53. The van der Waals surface area contributed by atoms with Crippen molar-refractivity contribution in [3.8, 4) is 5.75 Å². The minimum absolute atomic E-state index is 0.132. The monoisotopic (exact) mass is 176 g/mol. The first-order valence-corrected chi connectivity index (χ1v) is 4.52. The molecule has 0 bridgehead atoms. The molecule has 1 aromatic rings. The summed E-state index contributed by atoms with van der Waals surface area (Å²) in [6, 6.07) is 5.42. The van der Waals surface area contributed by atoms with Crippen LogP contribution in [0.2, 0.25) is 0 Å². The number of rotatable bonds is 0. The first kappa shape index (κ1) is 8.42. The lowest BCUT2D eigenvalue weighted by atomic mass is 10.1. The van der Waals surface area contributed by atoms with Crippen molar-refractivity contribution in [2.75, 3.05) is 11.9 Å². The Kier molecular flexibility index (Phi) is 1.72. The molecule has 1 radical (unpaired) electrons. The molecule has 69 valence electrons. The van der Waals surface area contributed by atoms with Gasteiger partial charge in [-0.2, -0.15) is 0 Å². The number of anilines is 1. The van der Waals surface area contributed by atoms with E-state index < -0.39 is 0 Å². The standard InChI is InChI=1S/C11H14NO/c1-7-5-10-11(6-8(7)2)13-9(3)12(10)4/h6,9H,1-4H3. The van der Waals surface area contributed by atoms with Crippen LogP contribution in [0.25, 0.3) is 0 Å². The first-order valence-electron chi connectivity index (χ1n) is 4.52. The fourth-order valence-corrected chi connectivity index (χ4v) is 1.51. The summed E-state index contributed by atoms with van der Waals surface area (Å²) in [5.74, 6) is 0.957. The lowest BCUT2D eigenvalue weighted by molar-refractivity contribution is 0.251. The molecule has 0 fully saturated rings. The van der Waals surface area contributed by atoms with Crippen molar-refractivity contribution in [3.05, 3.63) is 23.3 Å². The Morgan fingerprint density at radius 1 is 1.46 bits per heavy atom. The van der Waals surface area contributed by atoms with Crippen LogP contribution in [0.5, 0.6) is 5.75 Å². The third-order valence-corrected chi connectivity index (χ3v) is 2.67. The normalized spacial score (nSPS) is 20.0. The molecule has 1 heterocycles. The molecule has 1 atom stereocenters. The predicted octanol–water partition coefficient (Wildman–Crippen LogP) is 2.28. The van der Waals surface area contributed by atoms with Crippen molar-refractivity contribution in [3.63, 3.8) is 0 Å². The minimum atomic E-state index is 0.132. The van der Waals surface area contributed by atoms with E-state index in [-0.39, 0.29) is 6.23 Å². The van der Waals surface area contributed by atoms with Gasteiger partial charge >= 0.3 is 0 Å². The van der Waals surface area contributed by atoms with Gasteiger partial charge in [0.05, 0.1) is 5.69 Å². The summed E-state index contributed by atoms with van der Waals surface area (Å²) in [4.78, 5) is 2.10. The van der Waals surface area contributed by atoms with Crippen molar-refractivity contribution < 1.29 is 4.74 Å². The van der Waals surface area contributed by atoms with Gasteiger partial charge in [0.1, 0.15) is 5.75 Å². The Morgan fingerprint density at radius 3 is 2.85 bits per heavy atom. The predicted molar refractivity (Wildman–Crippen MR) is 53.2 cm³/mol. The molecule has 2 rings (SSSR count). The van der Waals surface area contributed by atoms with Crippen molar-refractivity contribution in [2.24, 2.45) is 0 Å². The SMILES string of the molecule is Cc1[c]c2c(cc1C)OC(C)N2C. The molecule has 2 nitrogen and oxygen atoms in total. The Labute approximate surface area is 79.1 Å². The van der Waals surface area contributed by atoms with Crippen LogP contribution >= 0.6 is 0 Å². The van der Waals surface area contributed by atoms with E-state index in [0.29, 0.717) is 0 Å². The van der Waals surface area contributed by atoms with E-state index in [4.69, 9.17) is 4.74 Å². The van der Waals surface area contributed by atoms with E-state index in [2.05, 4.69) is 30.9 Å². The third kappa shape index (κ3) is 1.17. The van der Waals surface area contributed by atoms with Gasteiger partial charge in [-0.25, -0.2) is 0 Å². The number of nitrogens with zero attached hydrogens (tertiary/aromatic N) is 1. The van der Waals surface area contributed by atoms with Gasteiger partial charge in [0.15, 0.2) is 6.23 Å². The maximum Gasteiger partial charge on any atom is 0.169 e. The van der Waals surface area contributed by atoms with Crippen LogP contribution in [-0.4, -0.2) is 13.3 Å². The summed E-state index contributed by atoms with van der Waals surface area (Å²) < 4.78 is 5.65. The number of aryl methyl sites for hydroxylation is 2. The summed E-state index contributed by atoms with van der Waals surface area (Å²) in [7, 11) is 2.03. The lowest BCUT2D eigenvalue weighted by Gasteiger charge is -2.15. The highest BCUT2D eigenvalue weighted by Gasteiger charge is 2.24. The average molecular weight is 176 g/mol. The molecule has 0 N–H and O–H groups in total. The van der Waals surface area contributed by atoms with Gasteiger partial charge in [0.25, 0.3) is 0 Å². The summed E-state index contributed by atoms with van der Waals surface area (Å²) in [6.07, 6.45) is 0.132. The van der Waals surface area contributed by atoms with Gasteiger partial charge in [0, 0.05) is 13.1 Å². The van der Waals surface area contributed by atoms with Crippen molar-refractivity contribution >= 4 is 5.69 Å². The zero-order valence-electron chi connectivity index (χ0n) is 8.51. The number of hydrogen-bond acceptors (Lipinski definition) is 2. The van der Waals surface area contributed by atoms with Crippen molar-refractivity contribution in [1.82, 2.24) is 0 Å². The smallest absolute Gasteiger partial charge is 0.169 e. The van der Waals surface area contributed by atoms with E-state index in [9.17, 15) is 0 Å². The fourth-order valence-electron chi connectivity index (χ4n) is 1.51. The van der Waals surface area contributed by atoms with Crippen LogP contribution in [0.4, 0.5) is 5.69 Å². The van der Waals surface area contributed by atoms with Crippen LogP contribution < -0.4 is 9.64 Å². The van der Waals surface area contributed by atoms with Gasteiger partial charge in [-0.1, -0.05) is 0 Å². The lowest BCUT2D eigenvalue weighted by Crippen LogP contribution is -2.27.